The fourth-order valence-electron chi connectivity index (χ4n) is 4.23. The molecule has 0 saturated carbocycles. The molecule has 0 unspecified atom stereocenters. The summed E-state index contributed by atoms with van der Waals surface area (Å²) in [7, 11) is -1.31. The van der Waals surface area contributed by atoms with Crippen LogP contribution in [0.4, 0.5) is 0 Å². The topological polar surface area (TPSA) is 26.0 Å². The Labute approximate surface area is 191 Å². The van der Waals surface area contributed by atoms with Gasteiger partial charge in [0.15, 0.2) is 0 Å². The first-order valence-corrected chi connectivity index (χ1v) is 17.7. The quantitative estimate of drug-likeness (QED) is 0.0891. The fraction of sp³-hybridized carbons (Fsp3) is 1.00. The van der Waals surface area contributed by atoms with Gasteiger partial charge in [-0.3, -0.25) is 0 Å². The summed E-state index contributed by atoms with van der Waals surface area (Å²) in [4.78, 5) is 0. The van der Waals surface area contributed by atoms with Crippen LogP contribution in [0.1, 0.15) is 141 Å². The molecule has 0 aliphatic heterocycles. The Bertz CT molecular complexity index is 304. The van der Waals surface area contributed by atoms with E-state index in [1.54, 1.807) is 0 Å². The zero-order chi connectivity index (χ0) is 21.5. The summed E-state index contributed by atoms with van der Waals surface area (Å²) >= 11 is 6.37. The largest absolute Gasteiger partial charge is 0.330 e. The van der Waals surface area contributed by atoms with E-state index in [0.717, 1.165) is 6.54 Å². The summed E-state index contributed by atoms with van der Waals surface area (Å²) in [6.07, 6.45) is 31.5. The molecule has 0 heterocycles. The van der Waals surface area contributed by atoms with Gasteiger partial charge in [-0.1, -0.05) is 148 Å². The molecule has 0 aromatic heterocycles. The number of hydrogen-bond donors (Lipinski definition) is 1. The molecular formula is C26H56ClNSi. The lowest BCUT2D eigenvalue weighted by Crippen LogP contribution is -2.14. The molecule has 0 amide bonds. The lowest BCUT2D eigenvalue weighted by molar-refractivity contribution is 0.519. The first-order valence-electron chi connectivity index (χ1n) is 13.5. The molecular weight excluding hydrogens is 390 g/mol. The van der Waals surface area contributed by atoms with Gasteiger partial charge in [0, 0.05) is 0 Å². The molecule has 0 atom stereocenters. The highest BCUT2D eigenvalue weighted by molar-refractivity contribution is 7.19. The number of rotatable bonds is 24. The highest BCUT2D eigenvalue weighted by atomic mass is 35.6. The van der Waals surface area contributed by atoms with Crippen molar-refractivity contribution in [3.63, 3.8) is 0 Å². The maximum atomic E-state index is 6.37. The van der Waals surface area contributed by atoms with E-state index < -0.39 is 7.38 Å². The Hall–Kier alpha value is 0.467. The van der Waals surface area contributed by atoms with E-state index in [-0.39, 0.29) is 0 Å². The van der Waals surface area contributed by atoms with Crippen molar-refractivity contribution in [2.24, 2.45) is 5.73 Å². The monoisotopic (exact) mass is 445 g/mol. The second kappa shape index (κ2) is 23.1. The highest BCUT2D eigenvalue weighted by Gasteiger charge is 2.15. The molecule has 176 valence electrons. The summed E-state index contributed by atoms with van der Waals surface area (Å²) in [6, 6.07) is 1.30. The van der Waals surface area contributed by atoms with Crippen LogP contribution in [0.25, 0.3) is 0 Å². The molecule has 0 aliphatic rings. The third-order valence-corrected chi connectivity index (χ3v) is 8.33. The zero-order valence-corrected chi connectivity index (χ0v) is 22.2. The third-order valence-electron chi connectivity index (χ3n) is 6.23. The second-order valence-corrected chi connectivity index (χ2v) is 17.0. The maximum Gasteiger partial charge on any atom is 0.150 e. The predicted octanol–water partition coefficient (Wildman–Crippen LogP) is 9.97. The number of hydrogen-bond acceptors (Lipinski definition) is 1. The van der Waals surface area contributed by atoms with Gasteiger partial charge in [0.25, 0.3) is 0 Å². The van der Waals surface area contributed by atoms with E-state index >= 15 is 0 Å². The number of halogens is 1. The summed E-state index contributed by atoms with van der Waals surface area (Å²) in [6.45, 7) is 5.41. The van der Waals surface area contributed by atoms with Crippen molar-refractivity contribution in [3.05, 3.63) is 0 Å². The van der Waals surface area contributed by atoms with E-state index in [4.69, 9.17) is 16.8 Å². The SMILES string of the molecule is C[Si](C)(Cl)CCCCCCCCCCCCCCCCCCCCCCCCN. The van der Waals surface area contributed by atoms with Gasteiger partial charge in [0.2, 0.25) is 0 Å². The summed E-state index contributed by atoms with van der Waals surface area (Å²) in [5.74, 6) is 0. The van der Waals surface area contributed by atoms with Crippen LogP contribution in [0.15, 0.2) is 0 Å². The van der Waals surface area contributed by atoms with Crippen molar-refractivity contribution in [2.75, 3.05) is 6.54 Å². The lowest BCUT2D eigenvalue weighted by Gasteiger charge is -2.11. The van der Waals surface area contributed by atoms with Gasteiger partial charge in [0.05, 0.1) is 0 Å². The van der Waals surface area contributed by atoms with Crippen molar-refractivity contribution in [3.8, 4) is 0 Å². The first kappa shape index (κ1) is 29.5. The van der Waals surface area contributed by atoms with E-state index in [1.807, 2.05) is 0 Å². The molecule has 0 aliphatic carbocycles. The van der Waals surface area contributed by atoms with Gasteiger partial charge in [-0.2, -0.15) is 11.1 Å². The minimum atomic E-state index is -1.31. The Morgan fingerprint density at radius 3 is 0.828 bits per heavy atom. The van der Waals surface area contributed by atoms with Gasteiger partial charge in [-0.25, -0.2) is 0 Å². The average Bonchev–Trinajstić information content (AvgIpc) is 2.67. The van der Waals surface area contributed by atoms with Gasteiger partial charge < -0.3 is 5.73 Å². The van der Waals surface area contributed by atoms with Crippen LogP contribution in [-0.4, -0.2) is 13.9 Å². The second-order valence-electron chi connectivity index (χ2n) is 10.0. The minimum absolute atomic E-state index is 0.871. The molecule has 0 aromatic rings. The molecule has 0 saturated heterocycles. The third kappa shape index (κ3) is 28.5. The molecule has 1 nitrogen and oxygen atoms in total. The van der Waals surface area contributed by atoms with Crippen LogP contribution >= 0.6 is 11.1 Å². The van der Waals surface area contributed by atoms with Crippen LogP contribution in [0.5, 0.6) is 0 Å². The van der Waals surface area contributed by atoms with Gasteiger partial charge in [-0.15, -0.1) is 0 Å². The normalized spacial score (nSPS) is 12.0. The molecule has 0 fully saturated rings. The van der Waals surface area contributed by atoms with E-state index in [9.17, 15) is 0 Å². The van der Waals surface area contributed by atoms with Crippen molar-refractivity contribution in [2.45, 2.75) is 160 Å². The molecule has 29 heavy (non-hydrogen) atoms. The van der Waals surface area contributed by atoms with Crippen LogP contribution in [0.2, 0.25) is 19.1 Å². The van der Waals surface area contributed by atoms with Gasteiger partial charge in [-0.05, 0) is 19.0 Å². The smallest absolute Gasteiger partial charge is 0.150 e. The van der Waals surface area contributed by atoms with Crippen molar-refractivity contribution in [1.29, 1.82) is 0 Å². The average molecular weight is 446 g/mol. The van der Waals surface area contributed by atoms with Crippen molar-refractivity contribution < 1.29 is 0 Å². The molecule has 0 radical (unpaired) electrons. The fourth-order valence-corrected chi connectivity index (χ4v) is 5.72. The number of nitrogens with two attached hydrogens (primary N) is 1. The molecule has 0 spiro atoms. The zero-order valence-electron chi connectivity index (χ0n) is 20.4. The van der Waals surface area contributed by atoms with Crippen LogP contribution in [0.3, 0.4) is 0 Å². The Kier molecular flexibility index (Phi) is 23.5. The van der Waals surface area contributed by atoms with Crippen molar-refractivity contribution >= 4 is 18.5 Å². The lowest BCUT2D eigenvalue weighted by atomic mass is 10.0. The van der Waals surface area contributed by atoms with E-state index in [2.05, 4.69) is 13.1 Å². The van der Waals surface area contributed by atoms with Crippen LogP contribution in [0, 0.1) is 0 Å². The molecule has 3 heteroatoms. The van der Waals surface area contributed by atoms with Crippen molar-refractivity contribution in [1.82, 2.24) is 0 Å². The maximum absolute atomic E-state index is 6.37. The summed E-state index contributed by atoms with van der Waals surface area (Å²) < 4.78 is 0. The van der Waals surface area contributed by atoms with Crippen LogP contribution in [-0.2, 0) is 0 Å². The van der Waals surface area contributed by atoms with Gasteiger partial charge >= 0.3 is 0 Å². The Balaban J connectivity index is 3.02. The highest BCUT2D eigenvalue weighted by Crippen LogP contribution is 2.19. The molecule has 0 rings (SSSR count). The predicted molar refractivity (Wildman–Crippen MR) is 139 cm³/mol. The standard InChI is InChI=1S/C26H56ClNSi/c1-29(2,27)26-24-22-20-18-16-14-12-10-8-6-4-3-5-7-9-11-13-15-17-19-21-23-25-28/h3-26,28H2,1-2H3. The minimum Gasteiger partial charge on any atom is -0.330 e. The first-order chi connectivity index (χ1) is 14.1. The van der Waals surface area contributed by atoms with E-state index in [0.29, 0.717) is 0 Å². The van der Waals surface area contributed by atoms with E-state index in [1.165, 1.54) is 147 Å². The summed E-state index contributed by atoms with van der Waals surface area (Å²) in [5, 5.41) is 0. The molecule has 0 bridgehead atoms. The summed E-state index contributed by atoms with van der Waals surface area (Å²) in [5.41, 5.74) is 5.52. The Morgan fingerprint density at radius 2 is 0.621 bits per heavy atom. The molecule has 2 N–H and O–H groups in total. The molecule has 0 aromatic carbocycles. The van der Waals surface area contributed by atoms with Gasteiger partial charge in [0.1, 0.15) is 7.38 Å². The van der Waals surface area contributed by atoms with Crippen LogP contribution < -0.4 is 5.73 Å². The Morgan fingerprint density at radius 1 is 0.414 bits per heavy atom. The number of unbranched alkanes of at least 4 members (excludes halogenated alkanes) is 21.